The van der Waals surface area contributed by atoms with Crippen LogP contribution in [0.2, 0.25) is 20.1 Å². The van der Waals surface area contributed by atoms with Crippen molar-refractivity contribution >= 4 is 91.2 Å². The third-order valence-corrected chi connectivity index (χ3v) is 5.35. The predicted octanol–water partition coefficient (Wildman–Crippen LogP) is 7.12. The Morgan fingerprint density at radius 3 is 2.48 bits per heavy atom. The number of aromatic nitrogens is 2. The maximum Gasteiger partial charge on any atom is 0.176 e. The molecule has 0 fully saturated rings. The minimum atomic E-state index is 0.316. The molecule has 1 aromatic heterocycles. The number of thiocarbonyl (C=S) groups is 1. The van der Waals surface area contributed by atoms with Crippen molar-refractivity contribution in [2.75, 3.05) is 10.6 Å². The number of benzene rings is 2. The van der Waals surface area contributed by atoms with Crippen LogP contribution in [0.4, 0.5) is 11.5 Å². The molecule has 140 valence electrons. The Bertz CT molecular complexity index is 1010. The zero-order chi connectivity index (χ0) is 19.6. The van der Waals surface area contributed by atoms with Crippen molar-refractivity contribution in [2.45, 2.75) is 6.54 Å². The molecule has 0 saturated heterocycles. The van der Waals surface area contributed by atoms with Gasteiger partial charge in [0.05, 0.1) is 17.3 Å². The van der Waals surface area contributed by atoms with Crippen LogP contribution in [-0.2, 0) is 6.54 Å². The Hall–Kier alpha value is -1.02. The summed E-state index contributed by atoms with van der Waals surface area (Å²) in [5.41, 5.74) is 1.54. The van der Waals surface area contributed by atoms with Gasteiger partial charge in [-0.1, -0.05) is 68.4 Å². The number of nitrogens with one attached hydrogen (secondary N) is 2. The number of rotatable bonds is 4. The maximum atomic E-state index is 6.26. The van der Waals surface area contributed by atoms with Crippen molar-refractivity contribution in [2.24, 2.45) is 0 Å². The van der Waals surface area contributed by atoms with Gasteiger partial charge in [0.2, 0.25) is 0 Å². The summed E-state index contributed by atoms with van der Waals surface area (Å²) < 4.78 is 2.54. The molecule has 27 heavy (non-hydrogen) atoms. The molecule has 0 atom stereocenters. The molecular weight excluding hydrogens is 514 g/mol. The molecule has 0 bridgehead atoms. The van der Waals surface area contributed by atoms with Crippen molar-refractivity contribution in [1.82, 2.24) is 9.78 Å². The summed E-state index contributed by atoms with van der Waals surface area (Å²) in [7, 11) is 0. The molecule has 3 aromatic rings. The SMILES string of the molecule is S=C(Nc1ccc(Br)cc1Cl)Nc1nn(Cc2ccc(Cl)cc2Cl)cc1Cl. The van der Waals surface area contributed by atoms with Crippen LogP contribution in [0.3, 0.4) is 0 Å². The van der Waals surface area contributed by atoms with Crippen LogP contribution in [0.5, 0.6) is 0 Å². The fourth-order valence-corrected chi connectivity index (χ4v) is 3.83. The number of hydrogen-bond donors (Lipinski definition) is 2. The molecule has 0 aliphatic rings. The first-order valence-corrected chi connectivity index (χ1v) is 10.2. The molecule has 0 unspecified atom stereocenters. The average Bonchev–Trinajstić information content (AvgIpc) is 2.92. The Kier molecular flexibility index (Phi) is 6.89. The summed E-state index contributed by atoms with van der Waals surface area (Å²) in [6.07, 6.45) is 1.68. The summed E-state index contributed by atoms with van der Waals surface area (Å²) in [6, 6.07) is 10.7. The minimum Gasteiger partial charge on any atom is -0.331 e. The smallest absolute Gasteiger partial charge is 0.176 e. The standard InChI is InChI=1S/C17H11BrCl4N4S/c18-10-2-4-15(13(21)5-10)23-17(27)24-16-14(22)8-26(25-16)7-9-1-3-11(19)6-12(9)20/h1-6,8H,7H2,(H2,23,24,25,27). The van der Waals surface area contributed by atoms with Gasteiger partial charge in [0, 0.05) is 20.7 Å². The van der Waals surface area contributed by atoms with E-state index in [2.05, 4.69) is 31.7 Å². The van der Waals surface area contributed by atoms with Crippen LogP contribution in [0.25, 0.3) is 0 Å². The molecule has 10 heteroatoms. The second-order valence-corrected chi connectivity index (χ2v) is 8.44. The van der Waals surface area contributed by atoms with Crippen molar-refractivity contribution < 1.29 is 0 Å². The van der Waals surface area contributed by atoms with Crippen LogP contribution in [0.1, 0.15) is 5.56 Å². The van der Waals surface area contributed by atoms with Crippen molar-refractivity contribution in [3.63, 3.8) is 0 Å². The molecule has 1 heterocycles. The molecule has 3 rings (SSSR count). The molecule has 0 spiro atoms. The zero-order valence-electron chi connectivity index (χ0n) is 13.4. The van der Waals surface area contributed by atoms with E-state index >= 15 is 0 Å². The number of hydrogen-bond acceptors (Lipinski definition) is 2. The fourth-order valence-electron chi connectivity index (χ4n) is 2.24. The number of anilines is 2. The van der Waals surface area contributed by atoms with Crippen molar-refractivity contribution in [3.05, 3.63) is 72.7 Å². The Balaban J connectivity index is 1.69. The third-order valence-electron chi connectivity index (χ3n) is 3.48. The van der Waals surface area contributed by atoms with Crippen LogP contribution >= 0.6 is 74.6 Å². The Labute approximate surface area is 189 Å². The average molecular weight is 525 g/mol. The van der Waals surface area contributed by atoms with E-state index in [4.69, 9.17) is 58.6 Å². The van der Waals surface area contributed by atoms with Gasteiger partial charge in [0.25, 0.3) is 0 Å². The highest BCUT2D eigenvalue weighted by Crippen LogP contribution is 2.27. The van der Waals surface area contributed by atoms with Gasteiger partial charge in [0.1, 0.15) is 5.02 Å². The largest absolute Gasteiger partial charge is 0.331 e. The molecule has 0 aliphatic carbocycles. The second-order valence-electron chi connectivity index (χ2n) is 5.46. The highest BCUT2D eigenvalue weighted by molar-refractivity contribution is 9.10. The Morgan fingerprint density at radius 1 is 1.00 bits per heavy atom. The maximum absolute atomic E-state index is 6.26. The molecule has 0 aliphatic heterocycles. The first-order valence-electron chi connectivity index (χ1n) is 7.52. The van der Waals surface area contributed by atoms with Crippen LogP contribution < -0.4 is 10.6 Å². The van der Waals surface area contributed by atoms with Crippen LogP contribution in [-0.4, -0.2) is 14.9 Å². The highest BCUT2D eigenvalue weighted by atomic mass is 79.9. The van der Waals surface area contributed by atoms with E-state index in [1.54, 1.807) is 29.1 Å². The van der Waals surface area contributed by atoms with E-state index < -0.39 is 0 Å². The van der Waals surface area contributed by atoms with Gasteiger partial charge >= 0.3 is 0 Å². The Morgan fingerprint density at radius 2 is 1.78 bits per heavy atom. The predicted molar refractivity (Wildman–Crippen MR) is 122 cm³/mol. The van der Waals surface area contributed by atoms with Gasteiger partial charge in [-0.25, -0.2) is 0 Å². The second kappa shape index (κ2) is 8.99. The summed E-state index contributed by atoms with van der Waals surface area (Å²) in [6.45, 7) is 0.441. The van der Waals surface area contributed by atoms with E-state index in [0.29, 0.717) is 43.3 Å². The van der Waals surface area contributed by atoms with Gasteiger partial charge in [0.15, 0.2) is 10.9 Å². The minimum absolute atomic E-state index is 0.316. The highest BCUT2D eigenvalue weighted by Gasteiger charge is 2.11. The first-order chi connectivity index (χ1) is 12.8. The van der Waals surface area contributed by atoms with Gasteiger partial charge in [-0.15, -0.1) is 0 Å². The first kappa shape index (κ1) is 20.7. The van der Waals surface area contributed by atoms with Crippen molar-refractivity contribution in [1.29, 1.82) is 0 Å². The molecule has 0 radical (unpaired) electrons. The van der Waals surface area contributed by atoms with E-state index in [9.17, 15) is 0 Å². The van der Waals surface area contributed by atoms with E-state index in [1.807, 2.05) is 18.2 Å². The van der Waals surface area contributed by atoms with Gasteiger partial charge < -0.3 is 10.6 Å². The molecular formula is C17H11BrCl4N4S. The summed E-state index contributed by atoms with van der Waals surface area (Å²) in [5, 5.41) is 12.8. The van der Waals surface area contributed by atoms with Crippen LogP contribution in [0, 0.1) is 0 Å². The lowest BCUT2D eigenvalue weighted by Gasteiger charge is -2.10. The lowest BCUT2D eigenvalue weighted by atomic mass is 10.2. The lowest BCUT2D eigenvalue weighted by Crippen LogP contribution is -2.20. The fraction of sp³-hybridized carbons (Fsp3) is 0.0588. The van der Waals surface area contributed by atoms with E-state index in [1.165, 1.54) is 0 Å². The monoisotopic (exact) mass is 522 g/mol. The van der Waals surface area contributed by atoms with E-state index in [0.717, 1.165) is 10.0 Å². The number of halogens is 5. The lowest BCUT2D eigenvalue weighted by molar-refractivity contribution is 0.690. The van der Waals surface area contributed by atoms with Crippen LogP contribution in [0.15, 0.2) is 47.1 Å². The summed E-state index contributed by atoms with van der Waals surface area (Å²) in [5.74, 6) is 0.424. The normalized spacial score (nSPS) is 10.7. The molecule has 2 N–H and O–H groups in total. The summed E-state index contributed by atoms with van der Waals surface area (Å²) >= 11 is 33.2. The zero-order valence-corrected chi connectivity index (χ0v) is 18.9. The van der Waals surface area contributed by atoms with Gasteiger partial charge in [-0.3, -0.25) is 4.68 Å². The van der Waals surface area contributed by atoms with Gasteiger partial charge in [-0.2, -0.15) is 5.10 Å². The molecule has 0 amide bonds. The molecule has 4 nitrogen and oxygen atoms in total. The van der Waals surface area contributed by atoms with Gasteiger partial charge in [-0.05, 0) is 48.1 Å². The summed E-state index contributed by atoms with van der Waals surface area (Å²) in [4.78, 5) is 0. The number of nitrogens with zero attached hydrogens (tertiary/aromatic N) is 2. The third kappa shape index (κ3) is 5.50. The quantitative estimate of drug-likeness (QED) is 0.357. The topological polar surface area (TPSA) is 41.9 Å². The van der Waals surface area contributed by atoms with E-state index in [-0.39, 0.29) is 0 Å². The van der Waals surface area contributed by atoms with Crippen molar-refractivity contribution in [3.8, 4) is 0 Å². The molecule has 2 aromatic carbocycles. The molecule has 0 saturated carbocycles.